The van der Waals surface area contributed by atoms with E-state index in [2.05, 4.69) is 36.2 Å². The van der Waals surface area contributed by atoms with Gasteiger partial charge in [0.1, 0.15) is 52.0 Å². The Labute approximate surface area is 389 Å². The van der Waals surface area contributed by atoms with Crippen LogP contribution in [0.3, 0.4) is 0 Å². The Morgan fingerprint density at radius 1 is 0.433 bits per heavy atom. The first-order valence-corrected chi connectivity index (χ1v) is 19.0. The molecule has 0 atom stereocenters. The minimum atomic E-state index is -4.52. The third-order valence-corrected chi connectivity index (χ3v) is 9.89. The zero-order valence-electron chi connectivity index (χ0n) is 34.7. The molecule has 0 bridgehead atoms. The molecule has 0 radical (unpaired) electrons. The number of halogens is 9. The van der Waals surface area contributed by atoms with Crippen LogP contribution in [0.25, 0.3) is 0 Å². The third-order valence-electron chi connectivity index (χ3n) is 9.89. The molecule has 3 aliphatic rings. The number of hydrogen-bond donors (Lipinski definition) is 0. The van der Waals surface area contributed by atoms with Gasteiger partial charge < -0.3 is 0 Å². The Balaban J connectivity index is 0.000000165. The maximum atomic E-state index is 13.0. The minimum Gasteiger partial charge on any atom is -0.192 e. The van der Waals surface area contributed by atoms with Gasteiger partial charge in [0.15, 0.2) is 21.1 Å². The summed E-state index contributed by atoms with van der Waals surface area (Å²) in [5, 5.41) is 27.5. The smallest absolute Gasteiger partial charge is 0.192 e. The topological polar surface area (TPSA) is 89.4 Å². The predicted octanol–water partition coefficient (Wildman–Crippen LogP) is 11.0. The van der Waals surface area contributed by atoms with E-state index in [0.29, 0.717) is 34.1 Å². The first-order valence-electron chi connectivity index (χ1n) is 19.0. The van der Waals surface area contributed by atoms with Gasteiger partial charge in [0.2, 0.25) is 0 Å². The van der Waals surface area contributed by atoms with Gasteiger partial charge in [-0.3, -0.25) is 0 Å². The first-order chi connectivity index (χ1) is 31.2. The summed E-state index contributed by atoms with van der Waals surface area (Å²) in [6.07, 6.45) is -13.6. The molecule has 0 amide bonds. The van der Waals surface area contributed by atoms with Crippen LogP contribution in [0.1, 0.15) is 33.4 Å². The summed E-state index contributed by atoms with van der Waals surface area (Å²) in [5.74, 6) is 0. The van der Waals surface area contributed by atoms with Crippen molar-refractivity contribution in [2.75, 3.05) is 21.1 Å². The van der Waals surface area contributed by atoms with Crippen LogP contribution in [0.5, 0.6) is 0 Å². The summed E-state index contributed by atoms with van der Waals surface area (Å²) in [6, 6.07) is 49.3. The number of alkyl halides is 9. The molecule has 0 unspecified atom stereocenters. The van der Waals surface area contributed by atoms with Crippen molar-refractivity contribution in [3.63, 3.8) is 0 Å². The van der Waals surface area contributed by atoms with Crippen molar-refractivity contribution in [1.82, 2.24) is 13.7 Å². The standard InChI is InChI=1S/3C16H9F3N3.Ir/c3*1-21-10-22(13-5-3-2-4-6-13)14-8-12(16(17,18)19)7-11(9-20)15(14)21;/h3*2-5,7-8H,1H3;/q3*+1;+3. The first kappa shape index (κ1) is 48.4. The second kappa shape index (κ2) is 18.8. The molecule has 0 saturated heterocycles. The molecule has 3 heterocycles. The van der Waals surface area contributed by atoms with Crippen LogP contribution < -0.4 is 13.7 Å². The number of hydrogen-bond acceptors (Lipinski definition) is 3. The van der Waals surface area contributed by atoms with E-state index in [9.17, 15) is 39.5 Å². The summed E-state index contributed by atoms with van der Waals surface area (Å²) in [7, 11) is 4.90. The second-order valence-electron chi connectivity index (χ2n) is 14.2. The average molecular weight is 1090 g/mol. The van der Waals surface area contributed by atoms with E-state index in [1.807, 2.05) is 18.2 Å². The fraction of sp³-hybridized carbons (Fsp3) is 0.125. The van der Waals surface area contributed by atoms with Crippen molar-refractivity contribution in [1.29, 1.82) is 15.8 Å². The number of nitriles is 3. The molecule has 0 saturated carbocycles. The van der Waals surface area contributed by atoms with Crippen molar-refractivity contribution < 1.29 is 73.3 Å². The summed E-state index contributed by atoms with van der Waals surface area (Å²) < 4.78 is 126. The van der Waals surface area contributed by atoms with Crippen molar-refractivity contribution in [2.24, 2.45) is 0 Å². The largest absolute Gasteiger partial charge is 3.00 e. The fourth-order valence-electron chi connectivity index (χ4n) is 7.05. The van der Waals surface area contributed by atoms with E-state index in [-0.39, 0.29) is 53.9 Å². The molecule has 67 heavy (non-hydrogen) atoms. The molecule has 0 aliphatic carbocycles. The molecule has 0 aromatic heterocycles. The molecule has 6 aromatic carbocycles. The van der Waals surface area contributed by atoms with E-state index in [1.54, 1.807) is 93.9 Å². The molecule has 6 aromatic rings. The average Bonchev–Trinajstić information content (AvgIpc) is 3.95. The predicted molar refractivity (Wildman–Crippen MR) is 221 cm³/mol. The molecule has 9 rings (SSSR count). The van der Waals surface area contributed by atoms with Crippen LogP contribution in [0.4, 0.5) is 90.7 Å². The van der Waals surface area contributed by atoms with Gasteiger partial charge in [-0.25, -0.2) is 0 Å². The van der Waals surface area contributed by atoms with Crippen LogP contribution in [-0.4, -0.2) is 52.9 Å². The molecule has 0 spiro atoms. The van der Waals surface area contributed by atoms with Crippen molar-refractivity contribution in [3.8, 4) is 18.2 Å². The molecule has 0 fully saturated rings. The van der Waals surface area contributed by atoms with Crippen LogP contribution in [-0.2, 0) is 38.6 Å². The summed E-state index contributed by atoms with van der Waals surface area (Å²) >= 11 is 0. The molecule has 3 aliphatic heterocycles. The van der Waals surface area contributed by atoms with Gasteiger partial charge >= 0.3 is 73.7 Å². The van der Waals surface area contributed by atoms with Crippen LogP contribution >= 0.6 is 0 Å². The molecular weight excluding hydrogens is 1070 g/mol. The van der Waals surface area contributed by atoms with Crippen LogP contribution in [0.2, 0.25) is 0 Å². The quantitative estimate of drug-likeness (QED) is 0.100. The normalized spacial score (nSPS) is 13.0. The molecular formula is C48H27F9IrN9+6. The number of para-hydroxylation sites is 3. The molecule has 330 valence electrons. The van der Waals surface area contributed by atoms with Crippen LogP contribution in [0, 0.1) is 52.2 Å². The van der Waals surface area contributed by atoms with Crippen LogP contribution in [0.15, 0.2) is 109 Å². The zero-order chi connectivity index (χ0) is 47.7. The summed E-state index contributed by atoms with van der Waals surface area (Å²) in [6.45, 7) is 0. The zero-order valence-corrected chi connectivity index (χ0v) is 37.0. The van der Waals surface area contributed by atoms with Gasteiger partial charge in [0, 0.05) is 18.2 Å². The van der Waals surface area contributed by atoms with E-state index in [4.69, 9.17) is 15.8 Å². The van der Waals surface area contributed by atoms with E-state index in [1.165, 1.54) is 27.5 Å². The molecule has 0 N–H and O–H groups in total. The Bertz CT molecular complexity index is 2970. The molecule has 19 heteroatoms. The van der Waals surface area contributed by atoms with Gasteiger partial charge in [-0.1, -0.05) is 45.7 Å². The number of rotatable bonds is 3. The van der Waals surface area contributed by atoms with Gasteiger partial charge in [0.05, 0.1) is 16.7 Å². The summed E-state index contributed by atoms with van der Waals surface area (Å²) in [4.78, 5) is 0. The second-order valence-corrected chi connectivity index (χ2v) is 14.2. The van der Waals surface area contributed by atoms with Gasteiger partial charge in [-0.2, -0.15) is 110 Å². The maximum absolute atomic E-state index is 13.0. The minimum absolute atomic E-state index is 0. The van der Waals surface area contributed by atoms with Gasteiger partial charge in [0.25, 0.3) is 17.1 Å². The third kappa shape index (κ3) is 9.81. The van der Waals surface area contributed by atoms with Crippen molar-refractivity contribution in [2.45, 2.75) is 18.5 Å². The Hall–Kier alpha value is -8.05. The number of benzene rings is 6. The monoisotopic (exact) mass is 1090 g/mol. The maximum Gasteiger partial charge on any atom is 3.00 e. The Morgan fingerprint density at radius 2 is 0.687 bits per heavy atom. The number of fused-ring (bicyclic) bond motifs is 3. The molecule has 9 nitrogen and oxygen atoms in total. The summed E-state index contributed by atoms with van der Waals surface area (Å²) in [5.41, 5.74) is 0.915. The Morgan fingerprint density at radius 3 is 0.881 bits per heavy atom. The Kier molecular flexibility index (Phi) is 13.6. The van der Waals surface area contributed by atoms with Crippen molar-refractivity contribution in [3.05, 3.63) is 161 Å². The van der Waals surface area contributed by atoms with Gasteiger partial charge in [-0.15, -0.1) is 18.2 Å². The van der Waals surface area contributed by atoms with E-state index in [0.717, 1.165) is 36.4 Å². The number of nitrogens with zero attached hydrogens (tertiary/aromatic N) is 9. The SMILES string of the molecule is C[N+]1=C=[N+](c2[c-]cccc2)c2cc(C(F)(F)F)cc(C#N)c21.C[N+]1=C=[N+](c2[c-]cccc2)c2cc(C(F)(F)F)cc(C#N)c21.C[N+]1=C=[N+](c2[c-]cccc2)c2cc(C(F)(F)F)cc(C#N)c21.[Ir+3]. The fourth-order valence-corrected chi connectivity index (χ4v) is 7.05. The van der Waals surface area contributed by atoms with E-state index < -0.39 is 35.2 Å². The van der Waals surface area contributed by atoms with Crippen molar-refractivity contribution >= 4 is 69.2 Å². The van der Waals surface area contributed by atoms with E-state index >= 15 is 0 Å². The van der Waals surface area contributed by atoms with Gasteiger partial charge in [-0.05, 0) is 18.2 Å².